The minimum Gasteiger partial charge on any atom is -0.324 e. The first kappa shape index (κ1) is 14.3. The van der Waals surface area contributed by atoms with E-state index in [9.17, 15) is 9.59 Å². The van der Waals surface area contributed by atoms with Gasteiger partial charge in [0.15, 0.2) is 0 Å². The molecule has 22 heavy (non-hydrogen) atoms. The molecule has 3 rings (SSSR count). The smallest absolute Gasteiger partial charge is 0.255 e. The summed E-state index contributed by atoms with van der Waals surface area (Å²) in [5, 5.41) is 2.86. The second kappa shape index (κ2) is 5.64. The first-order valence-electron chi connectivity index (χ1n) is 7.37. The lowest BCUT2D eigenvalue weighted by atomic mass is 10.0. The number of amides is 2. The highest BCUT2D eigenvalue weighted by molar-refractivity contribution is 6.06. The predicted molar refractivity (Wildman–Crippen MR) is 85.6 cm³/mol. The average molecular weight is 294 g/mol. The largest absolute Gasteiger partial charge is 0.324 e. The Morgan fingerprint density at radius 3 is 2.36 bits per heavy atom. The van der Waals surface area contributed by atoms with E-state index in [1.807, 2.05) is 56.3 Å². The highest BCUT2D eigenvalue weighted by Gasteiger charge is 2.39. The van der Waals surface area contributed by atoms with Crippen LogP contribution in [0.5, 0.6) is 0 Å². The number of benzene rings is 2. The highest BCUT2D eigenvalue weighted by Crippen LogP contribution is 2.36. The molecule has 0 saturated carbocycles. The van der Waals surface area contributed by atoms with Crippen LogP contribution in [-0.2, 0) is 4.79 Å². The molecule has 0 bridgehead atoms. The molecule has 0 fully saturated rings. The van der Waals surface area contributed by atoms with Crippen molar-refractivity contribution < 1.29 is 9.59 Å². The zero-order valence-electron chi connectivity index (χ0n) is 12.6. The molecule has 1 aliphatic heterocycles. The molecule has 2 aromatic carbocycles. The van der Waals surface area contributed by atoms with E-state index < -0.39 is 6.04 Å². The molecule has 0 saturated heterocycles. The van der Waals surface area contributed by atoms with Crippen molar-refractivity contribution in [2.75, 3.05) is 5.32 Å². The van der Waals surface area contributed by atoms with Crippen LogP contribution in [0.15, 0.2) is 54.6 Å². The first-order chi connectivity index (χ1) is 10.6. The molecule has 1 atom stereocenters. The minimum atomic E-state index is -0.580. The third kappa shape index (κ3) is 2.37. The van der Waals surface area contributed by atoms with Crippen LogP contribution in [0.2, 0.25) is 0 Å². The van der Waals surface area contributed by atoms with Crippen molar-refractivity contribution >= 4 is 17.5 Å². The van der Waals surface area contributed by atoms with Gasteiger partial charge < -0.3 is 10.2 Å². The van der Waals surface area contributed by atoms with E-state index in [-0.39, 0.29) is 17.9 Å². The van der Waals surface area contributed by atoms with Crippen LogP contribution in [0.4, 0.5) is 5.69 Å². The Balaban J connectivity index is 2.02. The molecular weight excluding hydrogens is 276 g/mol. The fourth-order valence-corrected chi connectivity index (χ4v) is 2.85. The predicted octanol–water partition coefficient (Wildman–Crippen LogP) is 3.23. The molecule has 1 N–H and O–H groups in total. The standard InChI is InChI=1S/C18H18N2O2/c1-12(2)20(18(22)13-8-4-3-5-9-13)16-14-10-6-7-11-15(14)19-17(16)21/h3-12,16H,1-2H3,(H,19,21). The van der Waals surface area contributed by atoms with Crippen LogP contribution in [-0.4, -0.2) is 22.8 Å². The molecule has 2 amide bonds. The molecule has 1 heterocycles. The Kier molecular flexibility index (Phi) is 3.67. The van der Waals surface area contributed by atoms with E-state index in [0.717, 1.165) is 11.3 Å². The molecule has 1 aliphatic rings. The van der Waals surface area contributed by atoms with Gasteiger partial charge in [0.25, 0.3) is 11.8 Å². The van der Waals surface area contributed by atoms with Gasteiger partial charge in [-0.1, -0.05) is 36.4 Å². The number of anilines is 1. The van der Waals surface area contributed by atoms with Crippen molar-refractivity contribution in [2.24, 2.45) is 0 Å². The second-order valence-corrected chi connectivity index (χ2v) is 5.65. The molecule has 0 aliphatic carbocycles. The van der Waals surface area contributed by atoms with Gasteiger partial charge in [0, 0.05) is 22.9 Å². The van der Waals surface area contributed by atoms with E-state index in [1.165, 1.54) is 0 Å². The van der Waals surface area contributed by atoms with Crippen molar-refractivity contribution in [3.8, 4) is 0 Å². The molecule has 4 nitrogen and oxygen atoms in total. The molecule has 0 spiro atoms. The normalized spacial score (nSPS) is 16.3. The maximum Gasteiger partial charge on any atom is 0.255 e. The number of nitrogens with zero attached hydrogens (tertiary/aromatic N) is 1. The Morgan fingerprint density at radius 1 is 1.05 bits per heavy atom. The number of rotatable bonds is 3. The molecule has 2 aromatic rings. The van der Waals surface area contributed by atoms with Crippen molar-refractivity contribution in [1.29, 1.82) is 0 Å². The summed E-state index contributed by atoms with van der Waals surface area (Å²) in [4.78, 5) is 26.9. The third-order valence-corrected chi connectivity index (χ3v) is 3.85. The quantitative estimate of drug-likeness (QED) is 0.945. The Labute approximate surface area is 129 Å². The Hall–Kier alpha value is -2.62. The van der Waals surface area contributed by atoms with Gasteiger partial charge in [-0.05, 0) is 32.0 Å². The number of para-hydroxylation sites is 1. The van der Waals surface area contributed by atoms with E-state index >= 15 is 0 Å². The van der Waals surface area contributed by atoms with Crippen LogP contribution in [0.3, 0.4) is 0 Å². The molecule has 112 valence electrons. The van der Waals surface area contributed by atoms with E-state index in [1.54, 1.807) is 17.0 Å². The van der Waals surface area contributed by atoms with Crippen LogP contribution in [0.25, 0.3) is 0 Å². The second-order valence-electron chi connectivity index (χ2n) is 5.65. The van der Waals surface area contributed by atoms with Gasteiger partial charge in [0.1, 0.15) is 6.04 Å². The lowest BCUT2D eigenvalue weighted by Gasteiger charge is -2.31. The number of hydrogen-bond donors (Lipinski definition) is 1. The van der Waals surface area contributed by atoms with Gasteiger partial charge in [-0.25, -0.2) is 0 Å². The Bertz CT molecular complexity index is 710. The number of carbonyl (C=O) groups is 2. The molecular formula is C18H18N2O2. The third-order valence-electron chi connectivity index (χ3n) is 3.85. The highest BCUT2D eigenvalue weighted by atomic mass is 16.2. The number of fused-ring (bicyclic) bond motifs is 1. The zero-order valence-corrected chi connectivity index (χ0v) is 12.6. The lowest BCUT2D eigenvalue weighted by Crippen LogP contribution is -2.42. The monoisotopic (exact) mass is 294 g/mol. The topological polar surface area (TPSA) is 49.4 Å². The maximum atomic E-state index is 12.9. The summed E-state index contributed by atoms with van der Waals surface area (Å²) in [7, 11) is 0. The van der Waals surface area contributed by atoms with Crippen LogP contribution >= 0.6 is 0 Å². The minimum absolute atomic E-state index is 0.0883. The summed E-state index contributed by atoms with van der Waals surface area (Å²) >= 11 is 0. The first-order valence-corrected chi connectivity index (χ1v) is 7.37. The van der Waals surface area contributed by atoms with Crippen LogP contribution in [0, 0.1) is 0 Å². The fraction of sp³-hybridized carbons (Fsp3) is 0.222. The van der Waals surface area contributed by atoms with Crippen LogP contribution < -0.4 is 5.32 Å². The van der Waals surface area contributed by atoms with Gasteiger partial charge >= 0.3 is 0 Å². The van der Waals surface area contributed by atoms with Crippen LogP contribution in [0.1, 0.15) is 35.8 Å². The summed E-state index contributed by atoms with van der Waals surface area (Å²) in [5.74, 6) is -0.286. The summed E-state index contributed by atoms with van der Waals surface area (Å²) < 4.78 is 0. The number of hydrogen-bond acceptors (Lipinski definition) is 2. The summed E-state index contributed by atoms with van der Waals surface area (Å²) in [6.07, 6.45) is 0. The van der Waals surface area contributed by atoms with Crippen molar-refractivity contribution in [3.63, 3.8) is 0 Å². The number of carbonyl (C=O) groups excluding carboxylic acids is 2. The van der Waals surface area contributed by atoms with Gasteiger partial charge in [-0.2, -0.15) is 0 Å². The van der Waals surface area contributed by atoms with Gasteiger partial charge in [-0.15, -0.1) is 0 Å². The summed E-state index contributed by atoms with van der Waals surface area (Å²) in [6.45, 7) is 3.85. The number of nitrogens with one attached hydrogen (secondary N) is 1. The molecule has 4 heteroatoms. The summed E-state index contributed by atoms with van der Waals surface area (Å²) in [5.41, 5.74) is 2.22. The van der Waals surface area contributed by atoms with Crippen molar-refractivity contribution in [1.82, 2.24) is 4.90 Å². The molecule has 0 aromatic heterocycles. The fourth-order valence-electron chi connectivity index (χ4n) is 2.85. The molecule has 0 radical (unpaired) electrons. The zero-order chi connectivity index (χ0) is 15.7. The van der Waals surface area contributed by atoms with Gasteiger partial charge in [0.05, 0.1) is 0 Å². The summed E-state index contributed by atoms with van der Waals surface area (Å²) in [6, 6.07) is 15.9. The molecule has 1 unspecified atom stereocenters. The Morgan fingerprint density at radius 2 is 1.68 bits per heavy atom. The maximum absolute atomic E-state index is 12.9. The van der Waals surface area contributed by atoms with Crippen molar-refractivity contribution in [2.45, 2.75) is 25.9 Å². The lowest BCUT2D eigenvalue weighted by molar-refractivity contribution is -0.120. The van der Waals surface area contributed by atoms with E-state index in [0.29, 0.717) is 5.56 Å². The van der Waals surface area contributed by atoms with Crippen molar-refractivity contribution in [3.05, 3.63) is 65.7 Å². The SMILES string of the molecule is CC(C)N(C(=O)c1ccccc1)C1C(=O)Nc2ccccc21. The van der Waals surface area contributed by atoms with Gasteiger partial charge in [0.2, 0.25) is 0 Å². The van der Waals surface area contributed by atoms with E-state index in [2.05, 4.69) is 5.32 Å². The van der Waals surface area contributed by atoms with Gasteiger partial charge in [-0.3, -0.25) is 9.59 Å². The van der Waals surface area contributed by atoms with E-state index in [4.69, 9.17) is 0 Å². The average Bonchev–Trinajstić information content (AvgIpc) is 2.84.